The molecule has 1 N–H and O–H groups in total. The summed E-state index contributed by atoms with van der Waals surface area (Å²) in [5.41, 5.74) is 0.717. The van der Waals surface area contributed by atoms with Crippen molar-refractivity contribution in [2.45, 2.75) is 26.3 Å². The zero-order valence-electron chi connectivity index (χ0n) is 13.8. The van der Waals surface area contributed by atoms with E-state index < -0.39 is 6.43 Å². The van der Waals surface area contributed by atoms with Gasteiger partial charge in [-0.05, 0) is 17.9 Å². The number of carbonyl (C=O) groups excluding carboxylic acids is 2. The summed E-state index contributed by atoms with van der Waals surface area (Å²) in [6, 6.07) is 5.65. The lowest BCUT2D eigenvalue weighted by molar-refractivity contribution is -0.148. The van der Waals surface area contributed by atoms with Crippen molar-refractivity contribution in [2.75, 3.05) is 20.2 Å². The van der Waals surface area contributed by atoms with E-state index in [4.69, 9.17) is 4.74 Å². The van der Waals surface area contributed by atoms with Crippen LogP contribution in [0.4, 0.5) is 13.6 Å². The molecule has 1 aliphatic heterocycles. The fourth-order valence-electron chi connectivity index (χ4n) is 2.90. The van der Waals surface area contributed by atoms with Crippen LogP contribution in [-0.4, -0.2) is 37.1 Å². The van der Waals surface area contributed by atoms with Crippen LogP contribution in [0.1, 0.15) is 30.9 Å². The van der Waals surface area contributed by atoms with E-state index in [1.54, 1.807) is 17.0 Å². The Morgan fingerprint density at radius 2 is 2.00 bits per heavy atom. The Labute approximate surface area is 140 Å². The van der Waals surface area contributed by atoms with Crippen LogP contribution in [0.3, 0.4) is 0 Å². The van der Waals surface area contributed by atoms with Crippen LogP contribution in [0.25, 0.3) is 0 Å². The molecule has 2 rings (SSSR count). The minimum absolute atomic E-state index is 0.0299. The molecule has 1 heterocycles. The second kappa shape index (κ2) is 8.08. The van der Waals surface area contributed by atoms with Gasteiger partial charge >= 0.3 is 12.0 Å². The van der Waals surface area contributed by atoms with Crippen LogP contribution in [0.15, 0.2) is 24.3 Å². The third-order valence-electron chi connectivity index (χ3n) is 4.37. The van der Waals surface area contributed by atoms with Crippen molar-refractivity contribution in [3.8, 4) is 0 Å². The number of rotatable bonds is 4. The average Bonchev–Trinajstić information content (AvgIpc) is 2.59. The molecule has 1 aromatic carbocycles. The zero-order chi connectivity index (χ0) is 17.7. The van der Waals surface area contributed by atoms with Gasteiger partial charge in [-0.3, -0.25) is 4.79 Å². The van der Waals surface area contributed by atoms with Crippen LogP contribution < -0.4 is 5.32 Å². The summed E-state index contributed by atoms with van der Waals surface area (Å²) in [5.74, 6) is -0.384. The zero-order valence-corrected chi connectivity index (χ0v) is 13.8. The first-order valence-corrected chi connectivity index (χ1v) is 7.90. The molecule has 132 valence electrons. The van der Waals surface area contributed by atoms with E-state index in [2.05, 4.69) is 5.32 Å². The van der Waals surface area contributed by atoms with E-state index in [1.807, 2.05) is 6.92 Å². The van der Waals surface area contributed by atoms with Gasteiger partial charge in [0.2, 0.25) is 0 Å². The standard InChI is InChI=1S/C17H22F2N2O3/c1-11-10-21(8-7-14(11)16(22)24-2)17(23)20-9-12-3-5-13(6-4-12)15(18)19/h3-6,11,14-15H,7-10H2,1-2H3,(H,20,23)/t11-,14+/m1/s1. The number of urea groups is 1. The highest BCUT2D eigenvalue weighted by atomic mass is 19.3. The number of alkyl halides is 2. The number of benzene rings is 1. The molecule has 2 amide bonds. The molecule has 0 spiro atoms. The Bertz CT molecular complexity index is 578. The number of piperidine rings is 1. The first kappa shape index (κ1) is 18.2. The number of ether oxygens (including phenoxy) is 1. The van der Waals surface area contributed by atoms with Gasteiger partial charge in [0.15, 0.2) is 0 Å². The molecular formula is C17H22F2N2O3. The van der Waals surface area contributed by atoms with Crippen LogP contribution in [0.5, 0.6) is 0 Å². The Kier molecular flexibility index (Phi) is 6.11. The summed E-state index contributed by atoms with van der Waals surface area (Å²) in [7, 11) is 1.37. The number of carbonyl (C=O) groups is 2. The minimum atomic E-state index is -2.49. The monoisotopic (exact) mass is 340 g/mol. The summed E-state index contributed by atoms with van der Waals surface area (Å²) < 4.78 is 29.8. The van der Waals surface area contributed by atoms with Gasteiger partial charge in [0.05, 0.1) is 13.0 Å². The lowest BCUT2D eigenvalue weighted by atomic mass is 9.87. The first-order valence-electron chi connectivity index (χ1n) is 7.90. The summed E-state index contributed by atoms with van der Waals surface area (Å²) >= 11 is 0. The van der Waals surface area contributed by atoms with Crippen LogP contribution in [0, 0.1) is 11.8 Å². The maximum absolute atomic E-state index is 12.5. The second-order valence-corrected chi connectivity index (χ2v) is 6.04. The van der Waals surface area contributed by atoms with Gasteiger partial charge in [0, 0.05) is 25.2 Å². The number of methoxy groups -OCH3 is 1. The number of nitrogens with one attached hydrogen (secondary N) is 1. The molecule has 0 radical (unpaired) electrons. The van der Waals surface area contributed by atoms with Crippen molar-refractivity contribution in [1.29, 1.82) is 0 Å². The number of halogens is 2. The van der Waals surface area contributed by atoms with Crippen molar-refractivity contribution in [1.82, 2.24) is 10.2 Å². The molecule has 1 saturated heterocycles. The molecule has 0 saturated carbocycles. The highest BCUT2D eigenvalue weighted by molar-refractivity contribution is 5.76. The molecule has 1 fully saturated rings. The predicted octanol–water partition coefficient (Wildman–Crippen LogP) is 2.96. The van der Waals surface area contributed by atoms with Gasteiger partial charge in [-0.25, -0.2) is 13.6 Å². The van der Waals surface area contributed by atoms with E-state index in [0.29, 0.717) is 19.5 Å². The molecule has 7 heteroatoms. The van der Waals surface area contributed by atoms with Crippen molar-refractivity contribution in [3.63, 3.8) is 0 Å². The van der Waals surface area contributed by atoms with E-state index in [1.165, 1.54) is 19.2 Å². The molecule has 0 aromatic heterocycles. The number of hydrogen-bond acceptors (Lipinski definition) is 3. The summed E-state index contributed by atoms with van der Waals surface area (Å²) in [4.78, 5) is 25.5. The summed E-state index contributed by atoms with van der Waals surface area (Å²) in [5, 5.41) is 2.78. The predicted molar refractivity (Wildman–Crippen MR) is 84.5 cm³/mol. The molecule has 0 bridgehead atoms. The van der Waals surface area contributed by atoms with Crippen molar-refractivity contribution >= 4 is 12.0 Å². The van der Waals surface area contributed by atoms with Crippen LogP contribution in [0.2, 0.25) is 0 Å². The Balaban J connectivity index is 1.84. The Morgan fingerprint density at radius 1 is 1.33 bits per heavy atom. The van der Waals surface area contributed by atoms with Gasteiger partial charge in [-0.1, -0.05) is 31.2 Å². The molecule has 0 unspecified atom stereocenters. The van der Waals surface area contributed by atoms with Gasteiger partial charge in [0.25, 0.3) is 6.43 Å². The highest BCUT2D eigenvalue weighted by Gasteiger charge is 2.33. The topological polar surface area (TPSA) is 58.6 Å². The maximum atomic E-state index is 12.5. The third-order valence-corrected chi connectivity index (χ3v) is 4.37. The maximum Gasteiger partial charge on any atom is 0.317 e. The molecule has 0 aliphatic carbocycles. The third kappa shape index (κ3) is 4.43. The van der Waals surface area contributed by atoms with Crippen molar-refractivity contribution < 1.29 is 23.1 Å². The van der Waals surface area contributed by atoms with E-state index in [9.17, 15) is 18.4 Å². The van der Waals surface area contributed by atoms with Crippen molar-refractivity contribution in [3.05, 3.63) is 35.4 Å². The van der Waals surface area contributed by atoms with Gasteiger partial charge in [-0.15, -0.1) is 0 Å². The van der Waals surface area contributed by atoms with E-state index >= 15 is 0 Å². The Morgan fingerprint density at radius 3 is 2.54 bits per heavy atom. The first-order chi connectivity index (χ1) is 11.4. The highest BCUT2D eigenvalue weighted by Crippen LogP contribution is 2.24. The fourth-order valence-corrected chi connectivity index (χ4v) is 2.90. The fraction of sp³-hybridized carbons (Fsp3) is 0.529. The van der Waals surface area contributed by atoms with Gasteiger partial charge < -0.3 is 15.0 Å². The minimum Gasteiger partial charge on any atom is -0.469 e. The number of amides is 2. The van der Waals surface area contributed by atoms with Crippen LogP contribution >= 0.6 is 0 Å². The quantitative estimate of drug-likeness (QED) is 0.858. The Hall–Kier alpha value is -2.18. The summed E-state index contributed by atoms with van der Waals surface area (Å²) in [6.45, 7) is 3.16. The number of nitrogens with zero attached hydrogens (tertiary/aromatic N) is 1. The molecular weight excluding hydrogens is 318 g/mol. The molecule has 1 aromatic rings. The smallest absolute Gasteiger partial charge is 0.317 e. The van der Waals surface area contributed by atoms with Crippen LogP contribution in [-0.2, 0) is 16.1 Å². The lowest BCUT2D eigenvalue weighted by Gasteiger charge is -2.35. The second-order valence-electron chi connectivity index (χ2n) is 6.04. The van der Waals surface area contributed by atoms with E-state index in [0.717, 1.165) is 5.56 Å². The number of esters is 1. The van der Waals surface area contributed by atoms with Gasteiger partial charge in [0.1, 0.15) is 0 Å². The average molecular weight is 340 g/mol. The normalized spacial score (nSPS) is 20.8. The largest absolute Gasteiger partial charge is 0.469 e. The van der Waals surface area contributed by atoms with E-state index in [-0.39, 0.29) is 35.9 Å². The lowest BCUT2D eigenvalue weighted by Crippen LogP contribution is -2.48. The SMILES string of the molecule is COC(=O)[C@H]1CCN(C(=O)NCc2ccc(C(F)F)cc2)C[C@H]1C. The molecule has 2 atom stereocenters. The van der Waals surface area contributed by atoms with Gasteiger partial charge in [-0.2, -0.15) is 0 Å². The van der Waals surface area contributed by atoms with Crippen molar-refractivity contribution in [2.24, 2.45) is 11.8 Å². The number of hydrogen-bond donors (Lipinski definition) is 1. The molecule has 5 nitrogen and oxygen atoms in total. The summed E-state index contributed by atoms with van der Waals surface area (Å²) in [6.07, 6.45) is -1.92. The molecule has 24 heavy (non-hydrogen) atoms. The molecule has 1 aliphatic rings. The number of likely N-dealkylation sites (tertiary alicyclic amines) is 1.